The lowest BCUT2D eigenvalue weighted by molar-refractivity contribution is -0.138. The Hall–Kier alpha value is -3.31. The number of nitrogens with zero attached hydrogens (tertiary/aromatic N) is 6. The fourth-order valence-electron chi connectivity index (χ4n) is 5.03. The van der Waals surface area contributed by atoms with Gasteiger partial charge in [0.2, 0.25) is 5.95 Å². The molecule has 2 fully saturated rings. The van der Waals surface area contributed by atoms with E-state index in [0.717, 1.165) is 32.0 Å². The number of aromatic nitrogens is 5. The molecule has 1 saturated heterocycles. The summed E-state index contributed by atoms with van der Waals surface area (Å²) in [5.41, 5.74) is -0.598. The number of halogens is 3. The fraction of sp³-hybridized carbons (Fsp3) is 0.565. The van der Waals surface area contributed by atoms with Crippen molar-refractivity contribution in [2.24, 2.45) is 11.8 Å². The van der Waals surface area contributed by atoms with Gasteiger partial charge in [-0.05, 0) is 70.1 Å². The lowest BCUT2D eigenvalue weighted by atomic mass is 9.92. The molecule has 3 aromatic rings. The van der Waals surface area contributed by atoms with Crippen LogP contribution in [0.1, 0.15) is 49.7 Å². The van der Waals surface area contributed by atoms with Crippen LogP contribution in [0.3, 0.4) is 0 Å². The number of hydrogen-bond donors (Lipinski definition) is 1. The number of ether oxygens (including phenoxy) is 1. The zero-order valence-electron chi connectivity index (χ0n) is 20.0. The van der Waals surface area contributed by atoms with E-state index in [1.54, 1.807) is 11.6 Å². The highest BCUT2D eigenvalue weighted by Gasteiger charge is 2.44. The molecule has 2 aliphatic rings. The molecule has 2 bridgehead atoms. The van der Waals surface area contributed by atoms with Crippen LogP contribution >= 0.6 is 0 Å². The van der Waals surface area contributed by atoms with Crippen LogP contribution < -0.4 is 15.0 Å². The highest BCUT2D eigenvalue weighted by Crippen LogP contribution is 2.40. The van der Waals surface area contributed by atoms with Crippen molar-refractivity contribution in [3.8, 4) is 11.8 Å². The van der Waals surface area contributed by atoms with E-state index < -0.39 is 11.7 Å². The predicted molar refractivity (Wildman–Crippen MR) is 122 cm³/mol. The monoisotopic (exact) mass is 491 g/mol. The third-order valence-corrected chi connectivity index (χ3v) is 6.73. The highest BCUT2D eigenvalue weighted by molar-refractivity contribution is 5.39. The first-order chi connectivity index (χ1) is 16.6. The van der Waals surface area contributed by atoms with Crippen molar-refractivity contribution in [2.75, 3.05) is 23.3 Å². The van der Waals surface area contributed by atoms with E-state index in [1.807, 2.05) is 13.8 Å². The molecule has 2 aromatic heterocycles. The number of rotatable bonds is 6. The van der Waals surface area contributed by atoms with E-state index in [1.165, 1.54) is 19.1 Å². The van der Waals surface area contributed by atoms with Gasteiger partial charge in [-0.1, -0.05) is 11.2 Å². The molecule has 3 heterocycles. The van der Waals surface area contributed by atoms with Crippen molar-refractivity contribution in [2.45, 2.75) is 58.8 Å². The number of anilines is 2. The fourth-order valence-corrected chi connectivity index (χ4v) is 5.03. The van der Waals surface area contributed by atoms with Crippen molar-refractivity contribution >= 4 is 12.0 Å². The average Bonchev–Trinajstić information content (AvgIpc) is 3.45. The zero-order valence-corrected chi connectivity index (χ0v) is 20.0. The van der Waals surface area contributed by atoms with Gasteiger partial charge in [-0.15, -0.1) is 5.10 Å². The SMILES string of the molecule is Cc1noc(N2C[C@H]3CC[C@@H](C2)C3Nc2nc(Oc3ccc(C)c(C(F)(F)F)c3)n(C(C)C)n2)n1. The van der Waals surface area contributed by atoms with E-state index >= 15 is 0 Å². The van der Waals surface area contributed by atoms with Crippen LogP contribution in [-0.4, -0.2) is 44.0 Å². The summed E-state index contributed by atoms with van der Waals surface area (Å²) >= 11 is 0. The number of piperidine rings is 1. The van der Waals surface area contributed by atoms with Crippen molar-refractivity contribution in [1.82, 2.24) is 24.9 Å². The quantitative estimate of drug-likeness (QED) is 0.515. The lowest BCUT2D eigenvalue weighted by Crippen LogP contribution is -2.48. The van der Waals surface area contributed by atoms with Crippen LogP contribution in [0, 0.1) is 25.7 Å². The number of benzene rings is 1. The van der Waals surface area contributed by atoms with Crippen molar-refractivity contribution in [1.29, 1.82) is 0 Å². The summed E-state index contributed by atoms with van der Waals surface area (Å²) in [6, 6.07) is 4.66. The Morgan fingerprint density at radius 2 is 1.83 bits per heavy atom. The first-order valence-corrected chi connectivity index (χ1v) is 11.7. The van der Waals surface area contributed by atoms with Crippen molar-refractivity contribution in [3.63, 3.8) is 0 Å². The summed E-state index contributed by atoms with van der Waals surface area (Å²) in [7, 11) is 0. The van der Waals surface area contributed by atoms with E-state index in [4.69, 9.17) is 9.26 Å². The van der Waals surface area contributed by atoms with Gasteiger partial charge < -0.3 is 19.5 Å². The predicted octanol–water partition coefficient (Wildman–Crippen LogP) is 5.00. The summed E-state index contributed by atoms with van der Waals surface area (Å²) in [6.45, 7) is 8.62. The number of hydrogen-bond acceptors (Lipinski definition) is 8. The van der Waals surface area contributed by atoms with Crippen molar-refractivity contribution < 1.29 is 22.4 Å². The molecule has 1 N–H and O–H groups in total. The molecule has 188 valence electrons. The van der Waals surface area contributed by atoms with Crippen LogP contribution in [0.5, 0.6) is 11.8 Å². The van der Waals surface area contributed by atoms with Crippen LogP contribution in [0.4, 0.5) is 25.1 Å². The minimum Gasteiger partial charge on any atom is -0.424 e. The Morgan fingerprint density at radius 3 is 2.43 bits per heavy atom. The lowest BCUT2D eigenvalue weighted by Gasteiger charge is -2.37. The Morgan fingerprint density at radius 1 is 1.11 bits per heavy atom. The molecule has 1 aliphatic carbocycles. The van der Waals surface area contributed by atoms with E-state index in [9.17, 15) is 13.2 Å². The van der Waals surface area contributed by atoms with Crippen LogP contribution in [0.15, 0.2) is 22.7 Å². The van der Waals surface area contributed by atoms with Gasteiger partial charge in [-0.25, -0.2) is 4.68 Å². The first-order valence-electron chi connectivity index (χ1n) is 11.7. The maximum atomic E-state index is 13.3. The molecule has 0 spiro atoms. The number of nitrogens with one attached hydrogen (secondary N) is 1. The molecule has 1 unspecified atom stereocenters. The molecule has 3 atom stereocenters. The van der Waals surface area contributed by atoms with Gasteiger partial charge in [0, 0.05) is 19.1 Å². The van der Waals surface area contributed by atoms with Crippen LogP contribution in [0.2, 0.25) is 0 Å². The second-order valence-corrected chi connectivity index (χ2v) is 9.63. The maximum Gasteiger partial charge on any atom is 0.416 e. The third-order valence-electron chi connectivity index (χ3n) is 6.73. The zero-order chi connectivity index (χ0) is 24.9. The Labute approximate surface area is 200 Å². The molecular weight excluding hydrogens is 463 g/mol. The first kappa shape index (κ1) is 23.4. The van der Waals surface area contributed by atoms with Gasteiger partial charge in [-0.2, -0.15) is 23.1 Å². The number of alkyl halides is 3. The summed E-state index contributed by atoms with van der Waals surface area (Å²) in [5.74, 6) is 1.78. The molecule has 35 heavy (non-hydrogen) atoms. The minimum atomic E-state index is -4.46. The van der Waals surface area contributed by atoms with Crippen LogP contribution in [0.25, 0.3) is 0 Å². The van der Waals surface area contributed by atoms with E-state index in [0.29, 0.717) is 29.6 Å². The standard InChI is InChI=1S/C23H28F3N7O2/c1-12(2)33-22(34-17-8-5-13(3)18(9-17)23(24,25)26)29-20(30-33)28-19-15-6-7-16(19)11-32(10-15)21-27-14(4)31-35-21/h5,8-9,12,15-16,19H,6-7,10-11H2,1-4H3,(H,28,30)/t15-,16+,19?. The molecule has 0 radical (unpaired) electrons. The smallest absolute Gasteiger partial charge is 0.416 e. The molecule has 1 saturated carbocycles. The van der Waals surface area contributed by atoms with Gasteiger partial charge in [0.25, 0.3) is 0 Å². The largest absolute Gasteiger partial charge is 0.424 e. The van der Waals surface area contributed by atoms with E-state index in [2.05, 4.69) is 30.4 Å². The van der Waals surface area contributed by atoms with Gasteiger partial charge >= 0.3 is 18.2 Å². The molecule has 5 rings (SSSR count). The third kappa shape index (κ3) is 4.65. The summed E-state index contributed by atoms with van der Waals surface area (Å²) in [4.78, 5) is 11.0. The molecule has 9 nitrogen and oxygen atoms in total. The van der Waals surface area contributed by atoms with Gasteiger partial charge in [0.05, 0.1) is 11.6 Å². The topological polar surface area (TPSA) is 94.1 Å². The average molecular weight is 492 g/mol. The van der Waals surface area contributed by atoms with Crippen LogP contribution in [-0.2, 0) is 6.18 Å². The molecule has 1 aliphatic heterocycles. The van der Waals surface area contributed by atoms with Gasteiger partial charge in [0.1, 0.15) is 5.75 Å². The molecule has 12 heteroatoms. The van der Waals surface area contributed by atoms with Gasteiger partial charge in [0.15, 0.2) is 5.82 Å². The Balaban J connectivity index is 1.34. The minimum absolute atomic E-state index is 0.0620. The maximum absolute atomic E-state index is 13.3. The van der Waals surface area contributed by atoms with Crippen molar-refractivity contribution in [3.05, 3.63) is 35.2 Å². The normalized spacial score (nSPS) is 22.2. The Bertz CT molecular complexity index is 1190. The second kappa shape index (κ2) is 8.72. The van der Waals surface area contributed by atoms with E-state index in [-0.39, 0.29) is 29.4 Å². The summed E-state index contributed by atoms with van der Waals surface area (Å²) in [5, 5.41) is 11.9. The number of fused-ring (bicyclic) bond motifs is 2. The molecule has 1 aromatic carbocycles. The van der Waals surface area contributed by atoms with Gasteiger partial charge in [-0.3, -0.25) is 0 Å². The highest BCUT2D eigenvalue weighted by atomic mass is 19.4. The summed E-state index contributed by atoms with van der Waals surface area (Å²) < 4.78 is 52.7. The number of aryl methyl sites for hydroxylation is 2. The summed E-state index contributed by atoms with van der Waals surface area (Å²) in [6.07, 6.45) is -2.34. The molecular formula is C23H28F3N7O2. The molecule has 0 amide bonds. The second-order valence-electron chi connectivity index (χ2n) is 9.63. The Kier molecular flexibility index (Phi) is 5.84.